The topological polar surface area (TPSA) is 20.2 Å². The molecule has 2 saturated carbocycles. The Labute approximate surface area is 56.1 Å². The molecule has 0 aliphatic heterocycles. The predicted molar refractivity (Wildman–Crippen MR) is 36.1 cm³/mol. The van der Waals surface area contributed by atoms with E-state index in [0.29, 0.717) is 11.8 Å². The van der Waals surface area contributed by atoms with E-state index in [0.717, 1.165) is 6.42 Å². The molecule has 0 spiro atoms. The van der Waals surface area contributed by atoms with E-state index in [1.54, 1.807) is 0 Å². The molecule has 9 heavy (non-hydrogen) atoms. The second kappa shape index (κ2) is 1.51. The van der Waals surface area contributed by atoms with E-state index in [4.69, 9.17) is 0 Å². The minimum absolute atomic E-state index is 0.172. The zero-order valence-corrected chi connectivity index (χ0v) is 5.93. The molecule has 52 valence electrons. The standard InChI is InChI=1S/C8H14O/c1-2-6-5-8(6,9)7-3-4-7/h6-7,9H,2-5H2,1H3. The quantitative estimate of drug-likeness (QED) is 0.595. The van der Waals surface area contributed by atoms with Crippen molar-refractivity contribution < 1.29 is 5.11 Å². The summed E-state index contributed by atoms with van der Waals surface area (Å²) in [6.45, 7) is 2.17. The first kappa shape index (κ1) is 5.72. The van der Waals surface area contributed by atoms with Crippen molar-refractivity contribution in [2.45, 2.75) is 38.2 Å². The van der Waals surface area contributed by atoms with E-state index < -0.39 is 0 Å². The highest BCUT2D eigenvalue weighted by Crippen LogP contribution is 2.59. The minimum Gasteiger partial charge on any atom is -0.389 e. The Bertz CT molecular complexity index is 129. The molecular weight excluding hydrogens is 112 g/mol. The summed E-state index contributed by atoms with van der Waals surface area (Å²) >= 11 is 0. The Balaban J connectivity index is 1.95. The molecule has 0 heterocycles. The average molecular weight is 126 g/mol. The van der Waals surface area contributed by atoms with Crippen molar-refractivity contribution in [2.24, 2.45) is 11.8 Å². The number of hydrogen-bond acceptors (Lipinski definition) is 1. The van der Waals surface area contributed by atoms with Gasteiger partial charge in [-0.1, -0.05) is 13.3 Å². The normalized spacial score (nSPS) is 49.3. The first-order valence-electron chi connectivity index (χ1n) is 3.99. The summed E-state index contributed by atoms with van der Waals surface area (Å²) in [5.41, 5.74) is -0.172. The molecule has 2 aliphatic carbocycles. The van der Waals surface area contributed by atoms with Gasteiger partial charge in [0.2, 0.25) is 0 Å². The minimum atomic E-state index is -0.172. The fourth-order valence-corrected chi connectivity index (χ4v) is 1.92. The highest BCUT2D eigenvalue weighted by Gasteiger charge is 2.59. The highest BCUT2D eigenvalue weighted by atomic mass is 16.3. The van der Waals surface area contributed by atoms with Crippen LogP contribution in [0, 0.1) is 11.8 Å². The summed E-state index contributed by atoms with van der Waals surface area (Å²) in [7, 11) is 0. The Hall–Kier alpha value is -0.0400. The van der Waals surface area contributed by atoms with E-state index in [1.165, 1.54) is 19.3 Å². The molecule has 0 bridgehead atoms. The van der Waals surface area contributed by atoms with Gasteiger partial charge in [-0.15, -0.1) is 0 Å². The van der Waals surface area contributed by atoms with Crippen LogP contribution < -0.4 is 0 Å². The van der Waals surface area contributed by atoms with E-state index in [1.807, 2.05) is 0 Å². The SMILES string of the molecule is CCC1CC1(O)C1CC1. The molecule has 1 nitrogen and oxygen atoms in total. The summed E-state index contributed by atoms with van der Waals surface area (Å²) in [6.07, 6.45) is 4.83. The zero-order valence-electron chi connectivity index (χ0n) is 5.93. The van der Waals surface area contributed by atoms with Crippen LogP contribution in [0.15, 0.2) is 0 Å². The van der Waals surface area contributed by atoms with Gasteiger partial charge >= 0.3 is 0 Å². The molecule has 0 radical (unpaired) electrons. The lowest BCUT2D eigenvalue weighted by Crippen LogP contribution is -2.12. The maximum absolute atomic E-state index is 9.73. The van der Waals surface area contributed by atoms with Crippen molar-refractivity contribution in [2.75, 3.05) is 0 Å². The Kier molecular flexibility index (Phi) is 0.963. The van der Waals surface area contributed by atoms with Crippen molar-refractivity contribution in [1.82, 2.24) is 0 Å². The van der Waals surface area contributed by atoms with E-state index in [-0.39, 0.29) is 5.60 Å². The predicted octanol–water partition coefficient (Wildman–Crippen LogP) is 1.56. The molecule has 0 aromatic rings. The van der Waals surface area contributed by atoms with Crippen molar-refractivity contribution in [3.05, 3.63) is 0 Å². The van der Waals surface area contributed by atoms with Gasteiger partial charge < -0.3 is 5.11 Å². The molecule has 0 saturated heterocycles. The zero-order chi connectivity index (χ0) is 6.48. The third-order valence-corrected chi connectivity index (χ3v) is 2.90. The van der Waals surface area contributed by atoms with Crippen molar-refractivity contribution in [3.8, 4) is 0 Å². The maximum atomic E-state index is 9.73. The monoisotopic (exact) mass is 126 g/mol. The second-order valence-corrected chi connectivity index (χ2v) is 3.57. The molecule has 0 aromatic carbocycles. The van der Waals surface area contributed by atoms with Crippen molar-refractivity contribution in [3.63, 3.8) is 0 Å². The molecular formula is C8H14O. The molecule has 2 rings (SSSR count). The molecule has 2 fully saturated rings. The smallest absolute Gasteiger partial charge is 0.0708 e. The molecule has 1 heteroatoms. The van der Waals surface area contributed by atoms with Gasteiger partial charge in [-0.3, -0.25) is 0 Å². The van der Waals surface area contributed by atoms with Crippen LogP contribution in [0.3, 0.4) is 0 Å². The van der Waals surface area contributed by atoms with Gasteiger partial charge in [0, 0.05) is 0 Å². The van der Waals surface area contributed by atoms with E-state index in [9.17, 15) is 5.11 Å². The lowest BCUT2D eigenvalue weighted by Gasteiger charge is -2.05. The van der Waals surface area contributed by atoms with Gasteiger partial charge in [-0.25, -0.2) is 0 Å². The lowest BCUT2D eigenvalue weighted by molar-refractivity contribution is 0.106. The number of rotatable bonds is 2. The molecule has 2 aliphatic rings. The average Bonchev–Trinajstić information content (AvgIpc) is 2.54. The first-order valence-corrected chi connectivity index (χ1v) is 3.99. The van der Waals surface area contributed by atoms with Crippen LogP contribution in [0.25, 0.3) is 0 Å². The first-order chi connectivity index (χ1) is 4.27. The number of aliphatic hydroxyl groups is 1. The van der Waals surface area contributed by atoms with Crippen molar-refractivity contribution in [1.29, 1.82) is 0 Å². The second-order valence-electron chi connectivity index (χ2n) is 3.57. The van der Waals surface area contributed by atoms with Gasteiger partial charge in [-0.2, -0.15) is 0 Å². The van der Waals surface area contributed by atoms with Gasteiger partial charge in [0.25, 0.3) is 0 Å². The van der Waals surface area contributed by atoms with Crippen LogP contribution in [0.4, 0.5) is 0 Å². The Morgan fingerprint density at radius 3 is 2.56 bits per heavy atom. The van der Waals surface area contributed by atoms with Gasteiger partial charge in [0.1, 0.15) is 0 Å². The summed E-state index contributed by atoms with van der Waals surface area (Å²) in [4.78, 5) is 0. The lowest BCUT2D eigenvalue weighted by atomic mass is 10.1. The van der Waals surface area contributed by atoms with Gasteiger partial charge in [-0.05, 0) is 31.1 Å². The summed E-state index contributed by atoms with van der Waals surface area (Å²) in [5, 5.41) is 9.73. The third kappa shape index (κ3) is 0.710. The molecule has 0 amide bonds. The fourth-order valence-electron chi connectivity index (χ4n) is 1.92. The summed E-state index contributed by atoms with van der Waals surface area (Å²) < 4.78 is 0. The Morgan fingerprint density at radius 1 is 1.56 bits per heavy atom. The fraction of sp³-hybridized carbons (Fsp3) is 1.00. The molecule has 0 aromatic heterocycles. The van der Waals surface area contributed by atoms with Gasteiger partial charge in [0.05, 0.1) is 5.60 Å². The summed E-state index contributed by atoms with van der Waals surface area (Å²) in [5.74, 6) is 1.35. The van der Waals surface area contributed by atoms with Crippen LogP contribution in [0.5, 0.6) is 0 Å². The van der Waals surface area contributed by atoms with Crippen LogP contribution in [-0.4, -0.2) is 10.7 Å². The summed E-state index contributed by atoms with van der Waals surface area (Å²) in [6, 6.07) is 0. The van der Waals surface area contributed by atoms with Crippen molar-refractivity contribution >= 4 is 0 Å². The third-order valence-electron chi connectivity index (χ3n) is 2.90. The maximum Gasteiger partial charge on any atom is 0.0708 e. The number of hydrogen-bond donors (Lipinski definition) is 1. The van der Waals surface area contributed by atoms with Gasteiger partial charge in [0.15, 0.2) is 0 Å². The van der Waals surface area contributed by atoms with Crippen LogP contribution in [-0.2, 0) is 0 Å². The molecule has 2 unspecified atom stereocenters. The van der Waals surface area contributed by atoms with Crippen LogP contribution in [0.2, 0.25) is 0 Å². The Morgan fingerprint density at radius 2 is 2.22 bits per heavy atom. The molecule has 2 atom stereocenters. The van der Waals surface area contributed by atoms with Crippen LogP contribution >= 0.6 is 0 Å². The van der Waals surface area contributed by atoms with E-state index >= 15 is 0 Å². The van der Waals surface area contributed by atoms with Crippen LogP contribution in [0.1, 0.15) is 32.6 Å². The highest BCUT2D eigenvalue weighted by molar-refractivity contribution is 5.11. The molecule has 1 N–H and O–H groups in total. The van der Waals surface area contributed by atoms with E-state index in [2.05, 4.69) is 6.92 Å². The largest absolute Gasteiger partial charge is 0.389 e.